The van der Waals surface area contributed by atoms with Crippen LogP contribution in [-0.2, 0) is 0 Å². The van der Waals surface area contributed by atoms with Gasteiger partial charge in [-0.1, -0.05) is 0 Å². The molecular formula is C16H19BrSn. The van der Waals surface area contributed by atoms with E-state index in [4.69, 9.17) is 0 Å². The van der Waals surface area contributed by atoms with Gasteiger partial charge >= 0.3 is 123 Å². The summed E-state index contributed by atoms with van der Waals surface area (Å²) in [4.78, 5) is 7.72. The fourth-order valence-electron chi connectivity index (χ4n) is 4.76. The molecular weight excluding hydrogens is 391 g/mol. The zero-order valence-corrected chi connectivity index (χ0v) is 15.6. The van der Waals surface area contributed by atoms with E-state index in [1.54, 1.807) is 15.6 Å². The molecule has 0 aromatic heterocycles. The van der Waals surface area contributed by atoms with Crippen LogP contribution in [0, 0.1) is 11.8 Å². The molecule has 0 amide bonds. The molecule has 94 valence electrons. The van der Waals surface area contributed by atoms with Crippen molar-refractivity contribution in [1.29, 1.82) is 0 Å². The fourth-order valence-corrected chi connectivity index (χ4v) is 16.1. The van der Waals surface area contributed by atoms with Gasteiger partial charge < -0.3 is 0 Å². The van der Waals surface area contributed by atoms with E-state index in [9.17, 15) is 0 Å². The van der Waals surface area contributed by atoms with E-state index in [2.05, 4.69) is 55.0 Å². The van der Waals surface area contributed by atoms with Crippen LogP contribution < -0.4 is 0 Å². The van der Waals surface area contributed by atoms with E-state index >= 15 is 0 Å². The van der Waals surface area contributed by atoms with Crippen molar-refractivity contribution in [2.75, 3.05) is 0 Å². The molecule has 1 saturated carbocycles. The Hall–Kier alpha value is 0.239. The Morgan fingerprint density at radius 1 is 1.00 bits per heavy atom. The molecule has 2 bridgehead atoms. The van der Waals surface area contributed by atoms with Crippen LogP contribution in [0.1, 0.15) is 29.4 Å². The second-order valence-corrected chi connectivity index (χ2v) is 22.4. The summed E-state index contributed by atoms with van der Waals surface area (Å²) in [5, 5.41) is 0. The summed E-state index contributed by atoms with van der Waals surface area (Å²) in [7, 11) is 0. The Labute approximate surface area is 122 Å². The van der Waals surface area contributed by atoms with Crippen LogP contribution in [0.5, 0.6) is 0 Å². The van der Waals surface area contributed by atoms with Crippen LogP contribution in [0.3, 0.4) is 0 Å². The molecule has 0 aliphatic heterocycles. The van der Waals surface area contributed by atoms with Crippen LogP contribution in [0.4, 0.5) is 0 Å². The van der Waals surface area contributed by atoms with Gasteiger partial charge in [-0.15, -0.1) is 0 Å². The molecule has 0 unspecified atom stereocenters. The van der Waals surface area contributed by atoms with Gasteiger partial charge in [0.1, 0.15) is 0 Å². The standard InChI is InChI=1S/C13H10Br.3CH3.Sn/c14-11-6-7-5-10(11)13-9-4-2-1-3-8(9)12(7)13;;;;/h1-4,7,10,12-13H,5H2;3*1H3;/t7-,10+,12+,13+;;;;/m1..../s1. The number of halogens is 1. The first-order valence-corrected chi connectivity index (χ1v) is 17.8. The number of allylic oxidation sites excluding steroid dienone is 2. The number of benzene rings is 1. The van der Waals surface area contributed by atoms with E-state index in [-0.39, 0.29) is 0 Å². The fraction of sp³-hybridized carbons (Fsp3) is 0.500. The number of hydrogen-bond donors (Lipinski definition) is 0. The summed E-state index contributed by atoms with van der Waals surface area (Å²) in [5.74, 6) is 3.43. The molecule has 0 spiro atoms. The van der Waals surface area contributed by atoms with Gasteiger partial charge in [-0.25, -0.2) is 0 Å². The van der Waals surface area contributed by atoms with Crippen molar-refractivity contribution in [2.45, 2.75) is 33.1 Å². The third kappa shape index (κ3) is 1.33. The predicted molar refractivity (Wildman–Crippen MR) is 82.8 cm³/mol. The van der Waals surface area contributed by atoms with E-state index in [0.29, 0.717) is 0 Å². The molecule has 4 rings (SSSR count). The minimum atomic E-state index is -1.92. The number of rotatable bonds is 1. The normalized spacial score (nSPS) is 36.4. The molecule has 0 nitrogen and oxygen atoms in total. The molecule has 0 saturated heterocycles. The Kier molecular flexibility index (Phi) is 2.44. The molecule has 3 aliphatic rings. The molecule has 1 aromatic carbocycles. The predicted octanol–water partition coefficient (Wildman–Crippen LogP) is 5.04. The molecule has 18 heavy (non-hydrogen) atoms. The van der Waals surface area contributed by atoms with Crippen molar-refractivity contribution < 1.29 is 0 Å². The Morgan fingerprint density at radius 2 is 1.56 bits per heavy atom. The second kappa shape index (κ2) is 3.66. The topological polar surface area (TPSA) is 0 Å². The summed E-state index contributed by atoms with van der Waals surface area (Å²) in [6, 6.07) is 9.17. The van der Waals surface area contributed by atoms with Gasteiger partial charge in [-0.3, -0.25) is 0 Å². The molecule has 1 aromatic rings. The SMILES string of the molecule is [CH3][Sn]([CH3])([CH3])[C]1=C(Br)[C@@H]2C[C@H]1[C@H]1c3ccccc3[C@H]12. The van der Waals surface area contributed by atoms with Gasteiger partial charge in [0.15, 0.2) is 0 Å². The quantitative estimate of drug-likeness (QED) is 0.570. The van der Waals surface area contributed by atoms with Gasteiger partial charge in [-0.05, 0) is 0 Å². The summed E-state index contributed by atoms with van der Waals surface area (Å²) in [6.07, 6.45) is 1.42. The summed E-state index contributed by atoms with van der Waals surface area (Å²) in [5.41, 5.74) is 3.32. The van der Waals surface area contributed by atoms with Crippen LogP contribution in [0.2, 0.25) is 14.8 Å². The average molecular weight is 410 g/mol. The Bertz CT molecular complexity index is 567. The van der Waals surface area contributed by atoms with E-state index in [1.165, 1.54) is 6.42 Å². The van der Waals surface area contributed by atoms with Gasteiger partial charge in [0.2, 0.25) is 0 Å². The summed E-state index contributed by atoms with van der Waals surface area (Å²) >= 11 is 2.06. The molecule has 3 aliphatic carbocycles. The monoisotopic (exact) mass is 410 g/mol. The Balaban J connectivity index is 1.83. The molecule has 0 N–H and O–H groups in total. The first-order chi connectivity index (χ1) is 8.50. The first kappa shape index (κ1) is 12.0. The Morgan fingerprint density at radius 3 is 2.11 bits per heavy atom. The van der Waals surface area contributed by atoms with Crippen molar-refractivity contribution >= 4 is 34.3 Å². The van der Waals surface area contributed by atoms with Crippen molar-refractivity contribution in [1.82, 2.24) is 0 Å². The van der Waals surface area contributed by atoms with E-state index in [1.807, 2.05) is 3.59 Å². The van der Waals surface area contributed by atoms with Crippen LogP contribution >= 0.6 is 15.9 Å². The van der Waals surface area contributed by atoms with E-state index in [0.717, 1.165) is 23.7 Å². The molecule has 1 fully saturated rings. The third-order valence-corrected chi connectivity index (χ3v) is 13.7. The molecule has 0 heterocycles. The molecule has 2 heteroatoms. The maximum atomic E-state index is 3.98. The van der Waals surface area contributed by atoms with Crippen LogP contribution in [-0.4, -0.2) is 18.4 Å². The number of fused-ring (bicyclic) bond motifs is 8. The second-order valence-electron chi connectivity index (χ2n) is 7.14. The van der Waals surface area contributed by atoms with E-state index < -0.39 is 18.4 Å². The van der Waals surface area contributed by atoms with Crippen molar-refractivity contribution in [3.63, 3.8) is 0 Å². The van der Waals surface area contributed by atoms with Gasteiger partial charge in [0, 0.05) is 0 Å². The van der Waals surface area contributed by atoms with Crippen molar-refractivity contribution in [3.8, 4) is 0 Å². The van der Waals surface area contributed by atoms with Crippen molar-refractivity contribution in [3.05, 3.63) is 43.5 Å². The zero-order chi connectivity index (χ0) is 12.7. The average Bonchev–Trinajstić information content (AvgIpc) is 2.74. The van der Waals surface area contributed by atoms with Crippen LogP contribution in [0.15, 0.2) is 32.3 Å². The zero-order valence-electron chi connectivity index (χ0n) is 11.2. The molecule has 4 atom stereocenters. The minimum absolute atomic E-state index is 0.820. The van der Waals surface area contributed by atoms with Crippen LogP contribution in [0.25, 0.3) is 0 Å². The summed E-state index contributed by atoms with van der Waals surface area (Å²) in [6.45, 7) is 0. The van der Waals surface area contributed by atoms with Gasteiger partial charge in [-0.2, -0.15) is 0 Å². The summed E-state index contributed by atoms with van der Waals surface area (Å²) < 4.78 is 3.54. The maximum absolute atomic E-state index is 3.98. The van der Waals surface area contributed by atoms with Gasteiger partial charge in [0.25, 0.3) is 0 Å². The van der Waals surface area contributed by atoms with Gasteiger partial charge in [0.05, 0.1) is 0 Å². The molecule has 0 radical (unpaired) electrons. The first-order valence-electron chi connectivity index (χ1n) is 6.99. The number of hydrogen-bond acceptors (Lipinski definition) is 0. The van der Waals surface area contributed by atoms with Crippen molar-refractivity contribution in [2.24, 2.45) is 11.8 Å². The third-order valence-electron chi connectivity index (χ3n) is 5.24.